The SMILES string of the molecule is CCc1ccc(OCC(=O)N2CC(=O)NC(=O)C2)cc1. The second kappa shape index (κ2) is 6.18. The molecule has 6 heteroatoms. The number of ether oxygens (including phenoxy) is 1. The van der Waals surface area contributed by atoms with Crippen LogP contribution in [-0.2, 0) is 20.8 Å². The van der Waals surface area contributed by atoms with Crippen LogP contribution >= 0.6 is 0 Å². The Balaban J connectivity index is 1.87. The minimum absolute atomic E-state index is 0.108. The van der Waals surface area contributed by atoms with Gasteiger partial charge in [0, 0.05) is 0 Å². The molecule has 0 aliphatic carbocycles. The zero-order valence-corrected chi connectivity index (χ0v) is 11.2. The summed E-state index contributed by atoms with van der Waals surface area (Å²) in [6, 6.07) is 7.44. The standard InChI is InChI=1S/C14H16N2O4/c1-2-10-3-5-11(6-4-10)20-9-14(19)16-7-12(17)15-13(18)8-16/h3-6H,2,7-9H2,1H3,(H,15,17,18). The highest BCUT2D eigenvalue weighted by Gasteiger charge is 2.26. The molecule has 0 aromatic heterocycles. The maximum Gasteiger partial charge on any atom is 0.261 e. The first kappa shape index (κ1) is 14.0. The third-order valence-electron chi connectivity index (χ3n) is 2.99. The van der Waals surface area contributed by atoms with Crippen LogP contribution in [0.25, 0.3) is 0 Å². The Bertz CT molecular complexity index is 508. The van der Waals surface area contributed by atoms with Crippen LogP contribution in [0.3, 0.4) is 0 Å². The monoisotopic (exact) mass is 276 g/mol. The Morgan fingerprint density at radius 2 is 1.80 bits per heavy atom. The number of hydrogen-bond acceptors (Lipinski definition) is 4. The van der Waals surface area contributed by atoms with Gasteiger partial charge in [0.25, 0.3) is 5.91 Å². The molecule has 0 atom stereocenters. The number of carbonyl (C=O) groups excluding carboxylic acids is 3. The van der Waals surface area contributed by atoms with E-state index in [2.05, 4.69) is 12.2 Å². The predicted octanol–water partition coefficient (Wildman–Crippen LogP) is 0.113. The van der Waals surface area contributed by atoms with E-state index >= 15 is 0 Å². The number of imide groups is 1. The topological polar surface area (TPSA) is 75.7 Å². The second-order valence-electron chi connectivity index (χ2n) is 4.51. The smallest absolute Gasteiger partial charge is 0.261 e. The van der Waals surface area contributed by atoms with Crippen molar-refractivity contribution in [1.29, 1.82) is 0 Å². The van der Waals surface area contributed by atoms with Crippen LogP contribution in [0.2, 0.25) is 0 Å². The minimum atomic E-state index is -0.470. The molecule has 20 heavy (non-hydrogen) atoms. The summed E-state index contributed by atoms with van der Waals surface area (Å²) in [4.78, 5) is 35.4. The van der Waals surface area contributed by atoms with E-state index < -0.39 is 11.8 Å². The summed E-state index contributed by atoms with van der Waals surface area (Å²) < 4.78 is 5.36. The van der Waals surface area contributed by atoms with Crippen LogP contribution in [0.5, 0.6) is 5.75 Å². The lowest BCUT2D eigenvalue weighted by Gasteiger charge is -2.25. The molecule has 0 unspecified atom stereocenters. The Morgan fingerprint density at radius 1 is 1.20 bits per heavy atom. The molecule has 0 spiro atoms. The second-order valence-corrected chi connectivity index (χ2v) is 4.51. The Hall–Kier alpha value is -2.37. The van der Waals surface area contributed by atoms with E-state index in [0.717, 1.165) is 6.42 Å². The molecule has 1 saturated heterocycles. The van der Waals surface area contributed by atoms with Crippen molar-refractivity contribution >= 4 is 17.7 Å². The van der Waals surface area contributed by atoms with E-state index in [9.17, 15) is 14.4 Å². The number of amides is 3. The van der Waals surface area contributed by atoms with Gasteiger partial charge in [0.2, 0.25) is 11.8 Å². The number of rotatable bonds is 4. The van der Waals surface area contributed by atoms with Gasteiger partial charge >= 0.3 is 0 Å². The molecule has 6 nitrogen and oxygen atoms in total. The van der Waals surface area contributed by atoms with Crippen molar-refractivity contribution in [3.63, 3.8) is 0 Å². The Labute approximate surface area is 116 Å². The Morgan fingerprint density at radius 3 is 2.35 bits per heavy atom. The maximum absolute atomic E-state index is 11.9. The molecule has 3 amide bonds. The van der Waals surface area contributed by atoms with Gasteiger partial charge in [-0.2, -0.15) is 0 Å². The van der Waals surface area contributed by atoms with Crippen LogP contribution in [0.4, 0.5) is 0 Å². The summed E-state index contributed by atoms with van der Waals surface area (Å²) in [5, 5.41) is 2.14. The van der Waals surface area contributed by atoms with E-state index in [-0.39, 0.29) is 25.6 Å². The van der Waals surface area contributed by atoms with E-state index in [0.29, 0.717) is 5.75 Å². The number of nitrogens with zero attached hydrogens (tertiary/aromatic N) is 1. The van der Waals surface area contributed by atoms with Crippen LogP contribution in [0, 0.1) is 0 Å². The highest BCUT2D eigenvalue weighted by atomic mass is 16.5. The normalized spacial score (nSPS) is 14.9. The molecule has 1 aliphatic heterocycles. The molecule has 1 aromatic carbocycles. The van der Waals surface area contributed by atoms with Gasteiger partial charge in [-0.1, -0.05) is 19.1 Å². The largest absolute Gasteiger partial charge is 0.484 e. The fourth-order valence-corrected chi connectivity index (χ4v) is 1.87. The van der Waals surface area contributed by atoms with Crippen molar-refractivity contribution in [3.8, 4) is 5.75 Å². The summed E-state index contributed by atoms with van der Waals surface area (Å²) >= 11 is 0. The van der Waals surface area contributed by atoms with Gasteiger partial charge in [-0.3, -0.25) is 19.7 Å². The van der Waals surface area contributed by atoms with Gasteiger partial charge in [-0.15, -0.1) is 0 Å². The first-order valence-corrected chi connectivity index (χ1v) is 6.40. The minimum Gasteiger partial charge on any atom is -0.484 e. The molecule has 1 aromatic rings. The van der Waals surface area contributed by atoms with E-state index in [1.54, 1.807) is 12.1 Å². The lowest BCUT2D eigenvalue weighted by Crippen LogP contribution is -2.54. The van der Waals surface area contributed by atoms with Gasteiger partial charge in [-0.05, 0) is 24.1 Å². The molecular weight excluding hydrogens is 260 g/mol. The third kappa shape index (κ3) is 3.57. The third-order valence-corrected chi connectivity index (χ3v) is 2.99. The summed E-state index contributed by atoms with van der Waals surface area (Å²) in [6.45, 7) is 1.65. The van der Waals surface area contributed by atoms with Crippen molar-refractivity contribution in [2.45, 2.75) is 13.3 Å². The molecule has 1 N–H and O–H groups in total. The van der Waals surface area contributed by atoms with Crippen LogP contribution in [-0.4, -0.2) is 42.3 Å². The van der Waals surface area contributed by atoms with Crippen LogP contribution in [0.15, 0.2) is 24.3 Å². The maximum atomic E-state index is 11.9. The molecule has 1 aliphatic rings. The number of benzene rings is 1. The fraction of sp³-hybridized carbons (Fsp3) is 0.357. The van der Waals surface area contributed by atoms with Gasteiger partial charge < -0.3 is 9.64 Å². The Kier molecular flexibility index (Phi) is 4.34. The highest BCUT2D eigenvalue weighted by Crippen LogP contribution is 2.12. The summed E-state index contributed by atoms with van der Waals surface area (Å²) in [5.74, 6) is -0.736. The highest BCUT2D eigenvalue weighted by molar-refractivity contribution is 6.02. The number of nitrogens with one attached hydrogen (secondary N) is 1. The average Bonchev–Trinajstić information content (AvgIpc) is 2.44. The molecule has 106 valence electrons. The van der Waals surface area contributed by atoms with Crippen molar-refractivity contribution in [2.24, 2.45) is 0 Å². The number of piperazine rings is 1. The van der Waals surface area contributed by atoms with E-state index in [4.69, 9.17) is 4.74 Å². The molecule has 1 fully saturated rings. The molecular formula is C14H16N2O4. The zero-order valence-electron chi connectivity index (χ0n) is 11.2. The molecule has 0 bridgehead atoms. The van der Waals surface area contributed by atoms with Crippen LogP contribution < -0.4 is 10.1 Å². The van der Waals surface area contributed by atoms with Crippen molar-refractivity contribution in [3.05, 3.63) is 29.8 Å². The van der Waals surface area contributed by atoms with Crippen molar-refractivity contribution in [2.75, 3.05) is 19.7 Å². The molecule has 0 saturated carbocycles. The lowest BCUT2D eigenvalue weighted by molar-refractivity contribution is -0.146. The summed E-state index contributed by atoms with van der Waals surface area (Å²) in [5.41, 5.74) is 1.18. The van der Waals surface area contributed by atoms with Gasteiger partial charge in [-0.25, -0.2) is 0 Å². The number of hydrogen-bond donors (Lipinski definition) is 1. The first-order valence-electron chi connectivity index (χ1n) is 6.40. The first-order chi connectivity index (χ1) is 9.58. The summed E-state index contributed by atoms with van der Waals surface area (Å²) in [7, 11) is 0. The van der Waals surface area contributed by atoms with Gasteiger partial charge in [0.1, 0.15) is 18.8 Å². The molecule has 1 heterocycles. The van der Waals surface area contributed by atoms with Crippen LogP contribution in [0.1, 0.15) is 12.5 Å². The predicted molar refractivity (Wildman–Crippen MR) is 71.0 cm³/mol. The van der Waals surface area contributed by atoms with E-state index in [1.165, 1.54) is 10.5 Å². The lowest BCUT2D eigenvalue weighted by atomic mass is 10.2. The van der Waals surface area contributed by atoms with Gasteiger partial charge in [0.15, 0.2) is 6.61 Å². The number of aryl methyl sites for hydroxylation is 1. The average molecular weight is 276 g/mol. The molecule has 2 rings (SSSR count). The fourth-order valence-electron chi connectivity index (χ4n) is 1.87. The van der Waals surface area contributed by atoms with Crippen molar-refractivity contribution < 1.29 is 19.1 Å². The van der Waals surface area contributed by atoms with Crippen molar-refractivity contribution in [1.82, 2.24) is 10.2 Å². The quantitative estimate of drug-likeness (QED) is 0.792. The number of carbonyl (C=O) groups is 3. The zero-order chi connectivity index (χ0) is 14.5. The van der Waals surface area contributed by atoms with E-state index in [1.807, 2.05) is 12.1 Å². The summed E-state index contributed by atoms with van der Waals surface area (Å²) in [6.07, 6.45) is 0.935. The van der Waals surface area contributed by atoms with Gasteiger partial charge in [0.05, 0.1) is 0 Å². The molecule has 0 radical (unpaired) electrons.